The average molecular weight is 412 g/mol. The highest BCUT2D eigenvalue weighted by atomic mass is 35.5. The summed E-state index contributed by atoms with van der Waals surface area (Å²) in [6.45, 7) is 2.62. The molecule has 1 heterocycles. The van der Waals surface area contributed by atoms with Crippen LogP contribution in [-0.4, -0.2) is 45.9 Å². The summed E-state index contributed by atoms with van der Waals surface area (Å²) in [5.74, 6) is 2.46. The molecule has 1 aliphatic heterocycles. The number of rotatable bonds is 6. The van der Waals surface area contributed by atoms with Crippen LogP contribution in [-0.2, 0) is 19.3 Å². The normalized spacial score (nSPS) is 13.9. The van der Waals surface area contributed by atoms with Crippen molar-refractivity contribution in [2.75, 3.05) is 41.0 Å². The van der Waals surface area contributed by atoms with E-state index in [1.54, 1.807) is 14.2 Å². The Morgan fingerprint density at radius 3 is 2.41 bits per heavy atom. The zero-order valence-corrected chi connectivity index (χ0v) is 17.7. The number of methoxy groups -OCH3 is 2. The van der Waals surface area contributed by atoms with Gasteiger partial charge in [-0.05, 0) is 43.7 Å². The highest BCUT2D eigenvalue weighted by Gasteiger charge is 2.18. The largest absolute Gasteiger partial charge is 0.493 e. The lowest BCUT2D eigenvalue weighted by atomic mass is 10.0. The molecule has 0 saturated carbocycles. The zero-order chi connectivity index (χ0) is 18.5. The minimum absolute atomic E-state index is 0. The molecule has 0 aromatic heterocycles. The van der Waals surface area contributed by atoms with Crippen LogP contribution >= 0.6 is 24.0 Å². The van der Waals surface area contributed by atoms with E-state index in [-0.39, 0.29) is 12.4 Å². The standard InChI is InChI=1S/C21H26ClNO3.ClH/c1-23-12-9-16-17(10-13-23)19(8-7-18(16)22)26-14-11-15-5-4-6-20(24-2)21(15)25-3;/h4-8H,9-14H2,1-3H3;1H. The fourth-order valence-corrected chi connectivity index (χ4v) is 3.73. The van der Waals surface area contributed by atoms with Crippen molar-refractivity contribution < 1.29 is 14.2 Å². The van der Waals surface area contributed by atoms with Gasteiger partial charge < -0.3 is 19.1 Å². The smallest absolute Gasteiger partial charge is 0.164 e. The van der Waals surface area contributed by atoms with Crippen molar-refractivity contribution in [1.29, 1.82) is 0 Å². The molecule has 0 saturated heterocycles. The predicted octanol–water partition coefficient (Wildman–Crippen LogP) is 4.43. The number of hydrogen-bond acceptors (Lipinski definition) is 4. The fourth-order valence-electron chi connectivity index (χ4n) is 3.46. The lowest BCUT2D eigenvalue weighted by molar-refractivity contribution is 0.310. The van der Waals surface area contributed by atoms with Gasteiger partial charge in [0, 0.05) is 35.7 Å². The third-order valence-electron chi connectivity index (χ3n) is 4.93. The topological polar surface area (TPSA) is 30.9 Å². The van der Waals surface area contributed by atoms with Crippen LogP contribution in [0, 0.1) is 0 Å². The van der Waals surface area contributed by atoms with Crippen LogP contribution in [0.2, 0.25) is 5.02 Å². The van der Waals surface area contributed by atoms with E-state index in [9.17, 15) is 0 Å². The highest BCUT2D eigenvalue weighted by molar-refractivity contribution is 6.31. The first-order valence-corrected chi connectivity index (χ1v) is 9.33. The van der Waals surface area contributed by atoms with Gasteiger partial charge in [0.15, 0.2) is 11.5 Å². The molecular formula is C21H27Cl2NO3. The quantitative estimate of drug-likeness (QED) is 0.703. The molecule has 0 amide bonds. The van der Waals surface area contributed by atoms with Gasteiger partial charge in [0.1, 0.15) is 5.75 Å². The molecule has 3 rings (SSSR count). The Morgan fingerprint density at radius 1 is 0.963 bits per heavy atom. The highest BCUT2D eigenvalue weighted by Crippen LogP contribution is 2.33. The van der Waals surface area contributed by atoms with E-state index >= 15 is 0 Å². The molecule has 0 atom stereocenters. The molecule has 148 valence electrons. The Labute approximate surface area is 172 Å². The SMILES string of the molecule is COc1cccc(CCOc2ccc(Cl)c3c2CCN(C)CC3)c1OC.Cl. The molecule has 0 spiro atoms. The number of halogens is 2. The second kappa shape index (κ2) is 10.1. The lowest BCUT2D eigenvalue weighted by Gasteiger charge is -2.16. The van der Waals surface area contributed by atoms with Gasteiger partial charge in [0.25, 0.3) is 0 Å². The number of fused-ring (bicyclic) bond motifs is 1. The summed E-state index contributed by atoms with van der Waals surface area (Å²) in [6.07, 6.45) is 2.67. The van der Waals surface area contributed by atoms with Crippen molar-refractivity contribution >= 4 is 24.0 Å². The Bertz CT molecular complexity index is 767. The third-order valence-corrected chi connectivity index (χ3v) is 5.29. The molecule has 6 heteroatoms. The monoisotopic (exact) mass is 411 g/mol. The number of nitrogens with zero attached hydrogens (tertiary/aromatic N) is 1. The van der Waals surface area contributed by atoms with Gasteiger partial charge in [-0.25, -0.2) is 0 Å². The van der Waals surface area contributed by atoms with Crippen molar-refractivity contribution in [2.45, 2.75) is 19.3 Å². The number of para-hydroxylation sites is 1. The van der Waals surface area contributed by atoms with Gasteiger partial charge in [0.05, 0.1) is 20.8 Å². The Balaban J connectivity index is 0.00000261. The van der Waals surface area contributed by atoms with Gasteiger partial charge in [-0.1, -0.05) is 23.7 Å². The summed E-state index contributed by atoms with van der Waals surface area (Å²) < 4.78 is 17.0. The van der Waals surface area contributed by atoms with Crippen LogP contribution in [0.15, 0.2) is 30.3 Å². The van der Waals surface area contributed by atoms with Gasteiger partial charge in [-0.3, -0.25) is 0 Å². The maximum atomic E-state index is 6.43. The molecular weight excluding hydrogens is 385 g/mol. The number of hydrogen-bond donors (Lipinski definition) is 0. The second-order valence-electron chi connectivity index (χ2n) is 6.56. The summed E-state index contributed by atoms with van der Waals surface area (Å²) in [5, 5.41) is 0.845. The van der Waals surface area contributed by atoms with Gasteiger partial charge in [-0.15, -0.1) is 12.4 Å². The zero-order valence-electron chi connectivity index (χ0n) is 16.1. The molecule has 27 heavy (non-hydrogen) atoms. The first-order valence-electron chi connectivity index (χ1n) is 8.95. The minimum atomic E-state index is 0. The van der Waals surface area contributed by atoms with Gasteiger partial charge in [0.2, 0.25) is 0 Å². The van der Waals surface area contributed by atoms with Crippen LogP contribution in [0.3, 0.4) is 0 Å². The maximum absolute atomic E-state index is 6.43. The molecule has 0 N–H and O–H groups in total. The van der Waals surface area contributed by atoms with Crippen LogP contribution in [0.4, 0.5) is 0 Å². The summed E-state index contributed by atoms with van der Waals surface area (Å²) in [4.78, 5) is 2.33. The molecule has 2 aromatic rings. The average Bonchev–Trinajstić information content (AvgIpc) is 2.86. The first-order chi connectivity index (χ1) is 12.6. The maximum Gasteiger partial charge on any atom is 0.164 e. The van der Waals surface area contributed by atoms with Crippen LogP contribution < -0.4 is 14.2 Å². The summed E-state index contributed by atoms with van der Waals surface area (Å²) >= 11 is 6.43. The predicted molar refractivity (Wildman–Crippen MR) is 112 cm³/mol. The van der Waals surface area contributed by atoms with Crippen molar-refractivity contribution in [3.63, 3.8) is 0 Å². The number of benzene rings is 2. The summed E-state index contributed by atoms with van der Waals surface area (Å²) in [5.41, 5.74) is 3.55. The minimum Gasteiger partial charge on any atom is -0.493 e. The third kappa shape index (κ3) is 5.01. The Hall–Kier alpha value is -1.62. The Kier molecular flexibility index (Phi) is 8.08. The van der Waals surface area contributed by atoms with E-state index in [2.05, 4.69) is 11.9 Å². The van der Waals surface area contributed by atoms with Crippen LogP contribution in [0.5, 0.6) is 17.2 Å². The number of likely N-dealkylation sites (N-methyl/N-ethyl adjacent to an activating group) is 1. The van der Waals surface area contributed by atoms with Crippen molar-refractivity contribution in [2.24, 2.45) is 0 Å². The molecule has 0 bridgehead atoms. The van der Waals surface area contributed by atoms with Crippen molar-refractivity contribution in [3.05, 3.63) is 52.0 Å². The van der Waals surface area contributed by atoms with Crippen LogP contribution in [0.1, 0.15) is 16.7 Å². The van der Waals surface area contributed by atoms with E-state index in [0.717, 1.165) is 60.2 Å². The fraction of sp³-hybridized carbons (Fsp3) is 0.429. The number of ether oxygens (including phenoxy) is 3. The molecule has 4 nitrogen and oxygen atoms in total. The molecule has 1 aliphatic rings. The first kappa shape index (κ1) is 21.7. The van der Waals surface area contributed by atoms with E-state index in [0.29, 0.717) is 6.61 Å². The van der Waals surface area contributed by atoms with Crippen molar-refractivity contribution in [1.82, 2.24) is 4.90 Å². The van der Waals surface area contributed by atoms with Crippen LogP contribution in [0.25, 0.3) is 0 Å². The molecule has 2 aromatic carbocycles. The molecule has 0 fully saturated rings. The van der Waals surface area contributed by atoms with E-state index in [1.807, 2.05) is 30.3 Å². The van der Waals surface area contributed by atoms with Gasteiger partial charge in [-0.2, -0.15) is 0 Å². The second-order valence-corrected chi connectivity index (χ2v) is 6.96. The summed E-state index contributed by atoms with van der Waals surface area (Å²) in [6, 6.07) is 9.87. The van der Waals surface area contributed by atoms with Crippen molar-refractivity contribution in [3.8, 4) is 17.2 Å². The lowest BCUT2D eigenvalue weighted by Crippen LogP contribution is -2.20. The molecule has 0 aliphatic carbocycles. The van der Waals surface area contributed by atoms with E-state index in [4.69, 9.17) is 25.8 Å². The Morgan fingerprint density at radius 2 is 1.70 bits per heavy atom. The molecule has 0 unspecified atom stereocenters. The molecule has 0 radical (unpaired) electrons. The van der Waals surface area contributed by atoms with Gasteiger partial charge >= 0.3 is 0 Å². The summed E-state index contributed by atoms with van der Waals surface area (Å²) in [7, 11) is 5.46. The van der Waals surface area contributed by atoms with E-state index < -0.39 is 0 Å². The van der Waals surface area contributed by atoms with E-state index in [1.165, 1.54) is 11.1 Å².